The lowest BCUT2D eigenvalue weighted by Gasteiger charge is -2.07. The Balaban J connectivity index is 2.01. The first-order valence-corrected chi connectivity index (χ1v) is 7.39. The fraction of sp³-hybridized carbons (Fsp3) is 0.200. The Kier molecular flexibility index (Phi) is 3.62. The third-order valence-corrected chi connectivity index (χ3v) is 4.31. The largest absolute Gasteiger partial charge is 0.497 e. The van der Waals surface area contributed by atoms with E-state index < -0.39 is 0 Å². The topological polar surface area (TPSA) is 59.9 Å². The first kappa shape index (κ1) is 13.6. The minimum absolute atomic E-state index is 0.208. The van der Waals surface area contributed by atoms with E-state index in [1.165, 1.54) is 0 Å². The number of ether oxygens (including phenoxy) is 1. The summed E-state index contributed by atoms with van der Waals surface area (Å²) in [5.74, 6) is 1.45. The van der Waals surface area contributed by atoms with Gasteiger partial charge < -0.3 is 4.74 Å². The van der Waals surface area contributed by atoms with Gasteiger partial charge in [0.2, 0.25) is 0 Å². The van der Waals surface area contributed by atoms with Gasteiger partial charge in [-0.05, 0) is 41.6 Å². The molecule has 108 valence electrons. The number of thiophene rings is 1. The molecule has 0 spiro atoms. The molecule has 0 aliphatic carbocycles. The zero-order valence-corrected chi connectivity index (χ0v) is 12.6. The van der Waals surface area contributed by atoms with Crippen molar-refractivity contribution in [2.75, 3.05) is 7.11 Å². The van der Waals surface area contributed by atoms with Gasteiger partial charge in [0.15, 0.2) is 5.82 Å². The minimum atomic E-state index is -0.208. The van der Waals surface area contributed by atoms with Gasteiger partial charge in [-0.1, -0.05) is 12.1 Å². The molecule has 0 saturated carbocycles. The molecular formula is C15H15N3O2S. The molecule has 0 amide bonds. The van der Waals surface area contributed by atoms with Crippen LogP contribution < -0.4 is 10.4 Å². The lowest BCUT2D eigenvalue weighted by molar-refractivity contribution is 0.414. The summed E-state index contributed by atoms with van der Waals surface area (Å²) >= 11 is 1.58. The van der Waals surface area contributed by atoms with Crippen LogP contribution in [0.2, 0.25) is 0 Å². The highest BCUT2D eigenvalue weighted by molar-refractivity contribution is 7.13. The lowest BCUT2D eigenvalue weighted by atomic mass is 10.2. The maximum absolute atomic E-state index is 12.0. The second-order valence-electron chi connectivity index (χ2n) is 4.72. The summed E-state index contributed by atoms with van der Waals surface area (Å²) in [6, 6.07) is 9.70. The molecule has 1 aromatic carbocycles. The summed E-state index contributed by atoms with van der Waals surface area (Å²) in [7, 11) is 1.63. The molecule has 0 bridgehead atoms. The number of aryl methyl sites for hydroxylation is 1. The van der Waals surface area contributed by atoms with E-state index in [1.54, 1.807) is 23.0 Å². The molecule has 2 aromatic heterocycles. The zero-order chi connectivity index (χ0) is 14.8. The first-order valence-electron chi connectivity index (χ1n) is 6.51. The number of H-pyrrole nitrogens is 1. The molecule has 1 N–H and O–H groups in total. The van der Waals surface area contributed by atoms with E-state index >= 15 is 0 Å². The van der Waals surface area contributed by atoms with Crippen LogP contribution in [0.25, 0.3) is 10.7 Å². The summed E-state index contributed by atoms with van der Waals surface area (Å²) < 4.78 is 6.86. The van der Waals surface area contributed by atoms with E-state index in [0.717, 1.165) is 21.8 Å². The average molecular weight is 301 g/mol. The number of aromatic nitrogens is 3. The Morgan fingerprint density at radius 2 is 2.24 bits per heavy atom. The smallest absolute Gasteiger partial charge is 0.343 e. The molecule has 3 aromatic rings. The Labute approximate surface area is 125 Å². The molecule has 5 nitrogen and oxygen atoms in total. The van der Waals surface area contributed by atoms with Crippen molar-refractivity contribution in [3.05, 3.63) is 57.3 Å². The number of benzene rings is 1. The molecule has 6 heteroatoms. The summed E-state index contributed by atoms with van der Waals surface area (Å²) in [6.07, 6.45) is 0. The van der Waals surface area contributed by atoms with E-state index in [2.05, 4.69) is 10.2 Å². The SMILES string of the molecule is COc1cccc(Cn2c(-c3sccc3C)n[nH]c2=O)c1. The molecule has 0 atom stereocenters. The van der Waals surface area contributed by atoms with E-state index in [-0.39, 0.29) is 5.69 Å². The molecule has 21 heavy (non-hydrogen) atoms. The quantitative estimate of drug-likeness (QED) is 0.806. The fourth-order valence-corrected chi connectivity index (χ4v) is 3.12. The van der Waals surface area contributed by atoms with Crippen LogP contribution in [-0.4, -0.2) is 21.9 Å². The predicted octanol–water partition coefficient (Wildman–Crippen LogP) is 2.67. The molecule has 0 aliphatic rings. The van der Waals surface area contributed by atoms with Gasteiger partial charge in [0.1, 0.15) is 5.75 Å². The van der Waals surface area contributed by atoms with E-state index in [1.807, 2.05) is 42.6 Å². The number of aromatic amines is 1. The maximum atomic E-state index is 12.0. The molecule has 0 fully saturated rings. The van der Waals surface area contributed by atoms with Gasteiger partial charge in [0, 0.05) is 0 Å². The lowest BCUT2D eigenvalue weighted by Crippen LogP contribution is -2.18. The zero-order valence-electron chi connectivity index (χ0n) is 11.8. The highest BCUT2D eigenvalue weighted by Gasteiger charge is 2.14. The van der Waals surface area contributed by atoms with Crippen LogP contribution in [0.5, 0.6) is 5.75 Å². The van der Waals surface area contributed by atoms with Gasteiger partial charge in [0.25, 0.3) is 0 Å². The Morgan fingerprint density at radius 1 is 1.38 bits per heavy atom. The second-order valence-corrected chi connectivity index (χ2v) is 5.64. The van der Waals surface area contributed by atoms with Crippen LogP contribution >= 0.6 is 11.3 Å². The number of nitrogens with zero attached hydrogens (tertiary/aromatic N) is 2. The summed E-state index contributed by atoms with van der Waals surface area (Å²) in [5, 5.41) is 8.70. The van der Waals surface area contributed by atoms with Crippen LogP contribution in [0.4, 0.5) is 0 Å². The van der Waals surface area contributed by atoms with Crippen molar-refractivity contribution in [1.29, 1.82) is 0 Å². The second kappa shape index (κ2) is 5.57. The number of rotatable bonds is 4. The van der Waals surface area contributed by atoms with E-state index in [0.29, 0.717) is 12.4 Å². The fourth-order valence-electron chi connectivity index (χ4n) is 2.19. The third kappa shape index (κ3) is 2.62. The third-order valence-electron chi connectivity index (χ3n) is 3.30. The molecule has 3 rings (SSSR count). The highest BCUT2D eigenvalue weighted by atomic mass is 32.1. The van der Waals surface area contributed by atoms with Crippen molar-refractivity contribution in [3.8, 4) is 16.5 Å². The standard InChI is InChI=1S/C15H15N3O2S/c1-10-6-7-21-13(10)14-16-17-15(19)18(14)9-11-4-3-5-12(8-11)20-2/h3-8H,9H2,1-2H3,(H,17,19). The first-order chi connectivity index (χ1) is 10.2. The number of hydrogen-bond donors (Lipinski definition) is 1. The number of hydrogen-bond acceptors (Lipinski definition) is 4. The minimum Gasteiger partial charge on any atom is -0.497 e. The molecular weight excluding hydrogens is 286 g/mol. The molecule has 0 aliphatic heterocycles. The van der Waals surface area contributed by atoms with E-state index in [4.69, 9.17) is 4.74 Å². The summed E-state index contributed by atoms with van der Waals surface area (Å²) in [5.41, 5.74) is 1.90. The van der Waals surface area contributed by atoms with Crippen LogP contribution in [0, 0.1) is 6.92 Å². The Bertz CT molecular complexity index is 816. The Hall–Kier alpha value is -2.34. The number of nitrogens with one attached hydrogen (secondary N) is 1. The number of methoxy groups -OCH3 is 1. The van der Waals surface area contributed by atoms with Crippen molar-refractivity contribution in [3.63, 3.8) is 0 Å². The Morgan fingerprint density at radius 3 is 2.95 bits per heavy atom. The van der Waals surface area contributed by atoms with Crippen LogP contribution in [0.3, 0.4) is 0 Å². The van der Waals surface area contributed by atoms with Crippen LogP contribution in [-0.2, 0) is 6.54 Å². The molecule has 0 saturated heterocycles. The monoisotopic (exact) mass is 301 g/mol. The van der Waals surface area contributed by atoms with Gasteiger partial charge in [-0.15, -0.1) is 11.3 Å². The average Bonchev–Trinajstić information content (AvgIpc) is 3.06. The van der Waals surface area contributed by atoms with Crippen molar-refractivity contribution in [1.82, 2.24) is 14.8 Å². The van der Waals surface area contributed by atoms with Crippen molar-refractivity contribution >= 4 is 11.3 Å². The van der Waals surface area contributed by atoms with Gasteiger partial charge >= 0.3 is 5.69 Å². The highest BCUT2D eigenvalue weighted by Crippen LogP contribution is 2.26. The van der Waals surface area contributed by atoms with Crippen molar-refractivity contribution in [2.45, 2.75) is 13.5 Å². The summed E-state index contributed by atoms with van der Waals surface area (Å²) in [4.78, 5) is 13.0. The summed E-state index contributed by atoms with van der Waals surface area (Å²) in [6.45, 7) is 2.47. The van der Waals surface area contributed by atoms with Gasteiger partial charge in [-0.25, -0.2) is 9.89 Å². The van der Waals surface area contributed by atoms with Crippen LogP contribution in [0.1, 0.15) is 11.1 Å². The molecule has 0 radical (unpaired) electrons. The van der Waals surface area contributed by atoms with Gasteiger partial charge in [0.05, 0.1) is 18.5 Å². The molecule has 0 unspecified atom stereocenters. The van der Waals surface area contributed by atoms with E-state index in [9.17, 15) is 4.79 Å². The predicted molar refractivity (Wildman–Crippen MR) is 83.0 cm³/mol. The van der Waals surface area contributed by atoms with Crippen molar-refractivity contribution in [2.24, 2.45) is 0 Å². The maximum Gasteiger partial charge on any atom is 0.343 e. The van der Waals surface area contributed by atoms with Crippen LogP contribution in [0.15, 0.2) is 40.5 Å². The van der Waals surface area contributed by atoms with Gasteiger partial charge in [-0.2, -0.15) is 5.10 Å². The normalized spacial score (nSPS) is 10.8. The van der Waals surface area contributed by atoms with Gasteiger partial charge in [-0.3, -0.25) is 4.57 Å². The van der Waals surface area contributed by atoms with Crippen molar-refractivity contribution < 1.29 is 4.74 Å². The molecule has 2 heterocycles.